The normalized spacial score (nSPS) is 14.2. The summed E-state index contributed by atoms with van der Waals surface area (Å²) in [6.45, 7) is 2.01. The topological polar surface area (TPSA) is 102 Å². The second-order valence-corrected chi connectivity index (χ2v) is 8.34. The summed E-state index contributed by atoms with van der Waals surface area (Å²) in [5, 5.41) is 7.88. The Bertz CT molecular complexity index is 1410. The lowest BCUT2D eigenvalue weighted by molar-refractivity contribution is -0.159. The van der Waals surface area contributed by atoms with Crippen molar-refractivity contribution in [3.05, 3.63) is 60.2 Å². The fourth-order valence-corrected chi connectivity index (χ4v) is 4.12. The van der Waals surface area contributed by atoms with Gasteiger partial charge in [0.15, 0.2) is 0 Å². The molecule has 10 nitrogen and oxygen atoms in total. The zero-order chi connectivity index (χ0) is 26.2. The van der Waals surface area contributed by atoms with E-state index in [0.29, 0.717) is 54.7 Å². The van der Waals surface area contributed by atoms with Gasteiger partial charge in [-0.1, -0.05) is 17.3 Å². The number of rotatable bonds is 5. The summed E-state index contributed by atoms with van der Waals surface area (Å²) in [6.07, 6.45) is -3.31. The van der Waals surface area contributed by atoms with Gasteiger partial charge in [0.1, 0.15) is 17.3 Å². The first-order valence-electron chi connectivity index (χ1n) is 11.3. The van der Waals surface area contributed by atoms with Crippen LogP contribution in [0.3, 0.4) is 0 Å². The monoisotopic (exact) mass is 513 g/mol. The van der Waals surface area contributed by atoms with Crippen molar-refractivity contribution in [2.45, 2.75) is 6.18 Å². The number of pyridine rings is 1. The third-order valence-corrected chi connectivity index (χ3v) is 6.05. The highest BCUT2D eigenvalue weighted by Crippen LogP contribution is 2.30. The van der Waals surface area contributed by atoms with Crippen LogP contribution < -0.4 is 9.64 Å². The zero-order valence-electron chi connectivity index (χ0n) is 19.9. The van der Waals surface area contributed by atoms with Gasteiger partial charge in [-0.05, 0) is 30.3 Å². The molecule has 0 aliphatic carbocycles. The number of nitrogens with zero attached hydrogens (tertiary/aromatic N) is 7. The Labute approximate surface area is 209 Å². The Morgan fingerprint density at radius 1 is 1.08 bits per heavy atom. The van der Waals surface area contributed by atoms with Crippen LogP contribution in [-0.4, -0.2) is 69.0 Å². The van der Waals surface area contributed by atoms with Gasteiger partial charge in [-0.15, -0.1) is 0 Å². The maximum Gasteiger partial charge on any atom is 0.471 e. The number of amides is 1. The molecule has 13 heteroatoms. The molecular weight excluding hydrogens is 491 g/mol. The maximum atomic E-state index is 13.2. The van der Waals surface area contributed by atoms with Gasteiger partial charge < -0.3 is 19.1 Å². The van der Waals surface area contributed by atoms with E-state index in [1.807, 2.05) is 29.2 Å². The molecular formula is C24H22F3N7O3. The molecule has 0 radical (unpaired) electrons. The minimum atomic E-state index is -4.71. The van der Waals surface area contributed by atoms with E-state index in [4.69, 9.17) is 4.74 Å². The molecule has 0 bridgehead atoms. The summed E-state index contributed by atoms with van der Waals surface area (Å²) in [4.78, 5) is 24.7. The van der Waals surface area contributed by atoms with Gasteiger partial charge in [0.05, 0.1) is 12.8 Å². The first-order valence-corrected chi connectivity index (χ1v) is 11.3. The summed E-state index contributed by atoms with van der Waals surface area (Å²) in [5.41, 5.74) is 2.22. The van der Waals surface area contributed by atoms with Crippen molar-refractivity contribution >= 4 is 11.7 Å². The number of carbonyl (C=O) groups is 1. The molecule has 37 heavy (non-hydrogen) atoms. The Balaban J connectivity index is 1.24. The average molecular weight is 513 g/mol. The van der Waals surface area contributed by atoms with E-state index in [-0.39, 0.29) is 11.7 Å². The minimum Gasteiger partial charge on any atom is -0.496 e. The van der Waals surface area contributed by atoms with E-state index in [2.05, 4.69) is 24.7 Å². The lowest BCUT2D eigenvalue weighted by Crippen LogP contribution is -2.49. The number of benzene rings is 1. The van der Waals surface area contributed by atoms with Crippen molar-refractivity contribution in [3.8, 4) is 28.4 Å². The highest BCUT2D eigenvalue weighted by atomic mass is 19.4. The van der Waals surface area contributed by atoms with E-state index < -0.39 is 12.1 Å². The van der Waals surface area contributed by atoms with E-state index in [1.54, 1.807) is 41.9 Å². The number of aromatic nitrogens is 5. The molecule has 1 aliphatic heterocycles. The number of piperazine rings is 1. The number of halogens is 3. The molecule has 1 amide bonds. The molecule has 192 valence electrons. The van der Waals surface area contributed by atoms with Crippen LogP contribution in [-0.2, 0) is 13.2 Å². The Hall–Kier alpha value is -4.42. The first kappa shape index (κ1) is 24.3. The van der Waals surface area contributed by atoms with Gasteiger partial charge >= 0.3 is 12.1 Å². The molecule has 0 N–H and O–H groups in total. The van der Waals surface area contributed by atoms with E-state index in [1.165, 1.54) is 6.20 Å². The van der Waals surface area contributed by atoms with Crippen molar-refractivity contribution in [2.75, 3.05) is 38.2 Å². The van der Waals surface area contributed by atoms with Gasteiger partial charge in [-0.2, -0.15) is 23.3 Å². The molecule has 4 heterocycles. The van der Waals surface area contributed by atoms with Crippen LogP contribution in [0.1, 0.15) is 16.4 Å². The average Bonchev–Trinajstić information content (AvgIpc) is 3.56. The van der Waals surface area contributed by atoms with E-state index in [0.717, 1.165) is 5.56 Å². The van der Waals surface area contributed by atoms with E-state index >= 15 is 0 Å². The number of ether oxygens (including phenoxy) is 1. The number of methoxy groups -OCH3 is 1. The summed E-state index contributed by atoms with van der Waals surface area (Å²) in [7, 11) is 3.32. The molecule has 1 saturated heterocycles. The smallest absolute Gasteiger partial charge is 0.471 e. The predicted molar refractivity (Wildman–Crippen MR) is 126 cm³/mol. The molecule has 0 saturated carbocycles. The van der Waals surface area contributed by atoms with E-state index in [9.17, 15) is 18.0 Å². The number of anilines is 1. The molecule has 1 aromatic carbocycles. The standard InChI is InChI=1S/C24H22F3N7O3/c1-32-18(13-17(30-32)16-5-3-4-6-19(16)36-2)22(35)34-11-9-33(10-12-34)20-8-7-15(14-28-20)21-29-23(37-31-21)24(25,26)27/h3-8,13-14H,9-12H2,1-2H3. The fraction of sp³-hybridized carbons (Fsp3) is 0.292. The Kier molecular flexibility index (Phi) is 6.27. The fourth-order valence-electron chi connectivity index (χ4n) is 4.12. The van der Waals surface area contributed by atoms with Crippen molar-refractivity contribution < 1.29 is 27.2 Å². The highest BCUT2D eigenvalue weighted by Gasteiger charge is 2.38. The van der Waals surface area contributed by atoms with Crippen LogP contribution in [0.15, 0.2) is 53.2 Å². The third-order valence-electron chi connectivity index (χ3n) is 6.05. The van der Waals surface area contributed by atoms with Crippen LogP contribution in [0.5, 0.6) is 5.75 Å². The minimum absolute atomic E-state index is 0.128. The molecule has 0 atom stereocenters. The lowest BCUT2D eigenvalue weighted by atomic mass is 10.1. The SMILES string of the molecule is COc1ccccc1-c1cc(C(=O)N2CCN(c3ccc(-c4noc(C(F)(F)F)n4)cn3)CC2)n(C)n1. The van der Waals surface area contributed by atoms with Crippen molar-refractivity contribution in [1.82, 2.24) is 29.8 Å². The summed E-state index contributed by atoms with van der Waals surface area (Å²) in [5.74, 6) is -0.417. The van der Waals surface area contributed by atoms with Crippen LogP contribution in [0.2, 0.25) is 0 Å². The second-order valence-electron chi connectivity index (χ2n) is 8.34. The van der Waals surface area contributed by atoms with Crippen molar-refractivity contribution in [3.63, 3.8) is 0 Å². The molecule has 1 fully saturated rings. The number of carbonyl (C=O) groups excluding carboxylic acids is 1. The number of hydrogen-bond donors (Lipinski definition) is 0. The molecule has 1 aliphatic rings. The first-order chi connectivity index (χ1) is 17.7. The van der Waals surface area contributed by atoms with Crippen LogP contribution in [0.25, 0.3) is 22.6 Å². The summed E-state index contributed by atoms with van der Waals surface area (Å²) >= 11 is 0. The third kappa shape index (κ3) is 4.84. The van der Waals surface area contributed by atoms with Gasteiger partial charge in [0.2, 0.25) is 5.82 Å². The Morgan fingerprint density at radius 3 is 2.49 bits per heavy atom. The molecule has 3 aromatic heterocycles. The maximum absolute atomic E-state index is 13.2. The van der Waals surface area contributed by atoms with Crippen LogP contribution in [0, 0.1) is 0 Å². The Morgan fingerprint density at radius 2 is 1.84 bits per heavy atom. The number of aryl methyl sites for hydroxylation is 1. The molecule has 0 unspecified atom stereocenters. The molecule has 4 aromatic rings. The predicted octanol–water partition coefficient (Wildman–Crippen LogP) is 3.52. The number of alkyl halides is 3. The zero-order valence-corrected chi connectivity index (χ0v) is 19.9. The van der Waals surface area contributed by atoms with Crippen molar-refractivity contribution in [1.29, 1.82) is 0 Å². The largest absolute Gasteiger partial charge is 0.496 e. The van der Waals surface area contributed by atoms with Gasteiger partial charge in [-0.3, -0.25) is 9.48 Å². The van der Waals surface area contributed by atoms with Crippen LogP contribution >= 0.6 is 0 Å². The number of hydrogen-bond acceptors (Lipinski definition) is 8. The molecule has 5 rings (SSSR count). The highest BCUT2D eigenvalue weighted by molar-refractivity contribution is 5.94. The van der Waals surface area contributed by atoms with Crippen LogP contribution in [0.4, 0.5) is 19.0 Å². The summed E-state index contributed by atoms with van der Waals surface area (Å²) < 4.78 is 49.3. The van der Waals surface area contributed by atoms with Gasteiger partial charge in [0, 0.05) is 50.6 Å². The van der Waals surface area contributed by atoms with Gasteiger partial charge in [-0.25, -0.2) is 4.98 Å². The van der Waals surface area contributed by atoms with Gasteiger partial charge in [0.25, 0.3) is 5.91 Å². The second kappa shape index (κ2) is 9.56. The number of para-hydroxylation sites is 1. The van der Waals surface area contributed by atoms with Crippen molar-refractivity contribution in [2.24, 2.45) is 7.05 Å². The summed E-state index contributed by atoms with van der Waals surface area (Å²) in [6, 6.07) is 12.5. The lowest BCUT2D eigenvalue weighted by Gasteiger charge is -2.35. The molecule has 0 spiro atoms. The quantitative estimate of drug-likeness (QED) is 0.400.